The van der Waals surface area contributed by atoms with Crippen LogP contribution in [-0.2, 0) is 9.53 Å². The number of ether oxygens (including phenoxy) is 1. The lowest BCUT2D eigenvalue weighted by molar-refractivity contribution is -0.132. The zero-order valence-corrected chi connectivity index (χ0v) is 10.7. The molecule has 1 rings (SSSR count). The summed E-state index contributed by atoms with van der Waals surface area (Å²) in [7, 11) is 0. The first-order chi connectivity index (χ1) is 7.64. The van der Waals surface area contributed by atoms with E-state index in [1.165, 1.54) is 0 Å². The lowest BCUT2D eigenvalue weighted by atomic mass is 9.99. The Morgan fingerprint density at radius 2 is 2.19 bits per heavy atom. The first-order valence-electron chi connectivity index (χ1n) is 6.26. The summed E-state index contributed by atoms with van der Waals surface area (Å²) in [5.74, 6) is 0.227. The van der Waals surface area contributed by atoms with Crippen molar-refractivity contribution < 1.29 is 9.53 Å². The van der Waals surface area contributed by atoms with Crippen molar-refractivity contribution in [3.05, 3.63) is 0 Å². The van der Waals surface area contributed by atoms with E-state index >= 15 is 0 Å². The molecule has 0 bridgehead atoms. The van der Waals surface area contributed by atoms with E-state index in [-0.39, 0.29) is 11.4 Å². The first kappa shape index (κ1) is 13.5. The topological polar surface area (TPSA) is 41.6 Å². The number of carbonyl (C=O) groups is 1. The van der Waals surface area contributed by atoms with Gasteiger partial charge in [0.1, 0.15) is 0 Å². The van der Waals surface area contributed by atoms with Crippen LogP contribution in [0.4, 0.5) is 0 Å². The van der Waals surface area contributed by atoms with Gasteiger partial charge < -0.3 is 9.64 Å². The van der Waals surface area contributed by atoms with Crippen molar-refractivity contribution in [2.75, 3.05) is 26.4 Å². The molecule has 1 unspecified atom stereocenters. The highest BCUT2D eigenvalue weighted by atomic mass is 16.5. The molecule has 1 aliphatic rings. The molecule has 0 aromatic heterocycles. The van der Waals surface area contributed by atoms with Gasteiger partial charge in [0.05, 0.1) is 12.2 Å². The number of hydrogen-bond acceptors (Lipinski definition) is 3. The van der Waals surface area contributed by atoms with Gasteiger partial charge in [-0.25, -0.2) is 0 Å². The van der Waals surface area contributed by atoms with Gasteiger partial charge in [-0.1, -0.05) is 13.8 Å². The Morgan fingerprint density at radius 3 is 2.75 bits per heavy atom. The summed E-state index contributed by atoms with van der Waals surface area (Å²) in [5, 5.41) is 3.27. The summed E-state index contributed by atoms with van der Waals surface area (Å²) in [6.07, 6.45) is 2.82. The van der Waals surface area contributed by atoms with Gasteiger partial charge in [0, 0.05) is 19.8 Å². The Bertz CT molecular complexity index is 233. The van der Waals surface area contributed by atoms with E-state index in [2.05, 4.69) is 12.2 Å². The minimum atomic E-state index is -0.343. The minimum Gasteiger partial charge on any atom is -0.381 e. The van der Waals surface area contributed by atoms with Crippen LogP contribution in [-0.4, -0.2) is 42.8 Å². The zero-order valence-electron chi connectivity index (χ0n) is 10.7. The molecule has 0 saturated carbocycles. The SMILES string of the molecule is CCCOCCCN1CNC(C)(CC)C1=O. The van der Waals surface area contributed by atoms with Crippen molar-refractivity contribution in [2.24, 2.45) is 0 Å². The molecule has 1 N–H and O–H groups in total. The molecule has 0 aromatic rings. The predicted octanol–water partition coefficient (Wildman–Crippen LogP) is 1.36. The summed E-state index contributed by atoms with van der Waals surface area (Å²) >= 11 is 0. The van der Waals surface area contributed by atoms with Gasteiger partial charge in [0.25, 0.3) is 0 Å². The van der Waals surface area contributed by atoms with E-state index in [1.54, 1.807) is 0 Å². The number of nitrogens with one attached hydrogen (secondary N) is 1. The number of rotatable bonds is 7. The van der Waals surface area contributed by atoms with Crippen molar-refractivity contribution in [3.8, 4) is 0 Å². The van der Waals surface area contributed by atoms with Crippen molar-refractivity contribution >= 4 is 5.91 Å². The second-order valence-corrected chi connectivity index (χ2v) is 4.56. The third-order valence-corrected chi connectivity index (χ3v) is 3.19. The molecule has 1 heterocycles. The van der Waals surface area contributed by atoms with E-state index < -0.39 is 0 Å². The fourth-order valence-corrected chi connectivity index (χ4v) is 1.83. The third kappa shape index (κ3) is 3.19. The van der Waals surface area contributed by atoms with Gasteiger partial charge in [-0.2, -0.15) is 0 Å². The van der Waals surface area contributed by atoms with Crippen LogP contribution in [0.5, 0.6) is 0 Å². The molecule has 1 amide bonds. The normalized spacial score (nSPS) is 25.4. The quantitative estimate of drug-likeness (QED) is 0.669. The second kappa shape index (κ2) is 6.21. The van der Waals surface area contributed by atoms with Gasteiger partial charge >= 0.3 is 0 Å². The average molecular weight is 228 g/mol. The molecular weight excluding hydrogens is 204 g/mol. The van der Waals surface area contributed by atoms with Gasteiger partial charge in [-0.3, -0.25) is 10.1 Å². The molecule has 0 spiro atoms. The maximum Gasteiger partial charge on any atom is 0.243 e. The summed E-state index contributed by atoms with van der Waals surface area (Å²) < 4.78 is 5.40. The summed E-state index contributed by atoms with van der Waals surface area (Å²) in [6, 6.07) is 0. The van der Waals surface area contributed by atoms with Gasteiger partial charge in [0.2, 0.25) is 5.91 Å². The Kier molecular flexibility index (Phi) is 5.22. The maximum atomic E-state index is 12.0. The molecule has 1 saturated heterocycles. The Labute approximate surface area is 98.3 Å². The van der Waals surface area contributed by atoms with Crippen LogP contribution in [0.2, 0.25) is 0 Å². The highest BCUT2D eigenvalue weighted by Gasteiger charge is 2.40. The fraction of sp³-hybridized carbons (Fsp3) is 0.917. The molecule has 0 aliphatic carbocycles. The van der Waals surface area contributed by atoms with Gasteiger partial charge in [0.15, 0.2) is 0 Å². The molecule has 0 aromatic carbocycles. The molecule has 0 radical (unpaired) electrons. The van der Waals surface area contributed by atoms with E-state index in [1.807, 2.05) is 18.7 Å². The third-order valence-electron chi connectivity index (χ3n) is 3.19. The fourth-order valence-electron chi connectivity index (χ4n) is 1.83. The largest absolute Gasteiger partial charge is 0.381 e. The minimum absolute atomic E-state index is 0.227. The van der Waals surface area contributed by atoms with Crippen molar-refractivity contribution in [1.29, 1.82) is 0 Å². The van der Waals surface area contributed by atoms with Crippen LogP contribution in [0.3, 0.4) is 0 Å². The van der Waals surface area contributed by atoms with Crippen LogP contribution in [0.25, 0.3) is 0 Å². The molecule has 1 aliphatic heterocycles. The molecule has 4 heteroatoms. The van der Waals surface area contributed by atoms with Crippen LogP contribution >= 0.6 is 0 Å². The van der Waals surface area contributed by atoms with E-state index in [9.17, 15) is 4.79 Å². The van der Waals surface area contributed by atoms with E-state index in [0.29, 0.717) is 6.67 Å². The lowest BCUT2D eigenvalue weighted by Crippen LogP contribution is -2.43. The van der Waals surface area contributed by atoms with Crippen LogP contribution in [0, 0.1) is 0 Å². The lowest BCUT2D eigenvalue weighted by Gasteiger charge is -2.20. The van der Waals surface area contributed by atoms with Crippen molar-refractivity contribution in [3.63, 3.8) is 0 Å². The molecule has 1 fully saturated rings. The summed E-state index contributed by atoms with van der Waals surface area (Å²) in [4.78, 5) is 13.9. The predicted molar refractivity (Wildman–Crippen MR) is 64.1 cm³/mol. The zero-order chi connectivity index (χ0) is 12.0. The number of nitrogens with zero attached hydrogens (tertiary/aromatic N) is 1. The average Bonchev–Trinajstić information content (AvgIpc) is 2.58. The maximum absolute atomic E-state index is 12.0. The summed E-state index contributed by atoms with van der Waals surface area (Å²) in [5.41, 5.74) is -0.343. The monoisotopic (exact) mass is 228 g/mol. The van der Waals surface area contributed by atoms with Crippen LogP contribution in [0.1, 0.15) is 40.0 Å². The Hall–Kier alpha value is -0.610. The van der Waals surface area contributed by atoms with Gasteiger partial charge in [-0.05, 0) is 26.2 Å². The highest BCUT2D eigenvalue weighted by Crippen LogP contribution is 2.18. The Balaban J connectivity index is 2.22. The molecule has 94 valence electrons. The van der Waals surface area contributed by atoms with Crippen LogP contribution < -0.4 is 5.32 Å². The van der Waals surface area contributed by atoms with E-state index in [0.717, 1.165) is 39.0 Å². The number of hydrogen-bond donors (Lipinski definition) is 1. The van der Waals surface area contributed by atoms with Crippen molar-refractivity contribution in [2.45, 2.75) is 45.6 Å². The highest BCUT2D eigenvalue weighted by molar-refractivity contribution is 5.87. The van der Waals surface area contributed by atoms with Gasteiger partial charge in [-0.15, -0.1) is 0 Å². The smallest absolute Gasteiger partial charge is 0.243 e. The molecular formula is C12H24N2O2. The number of carbonyl (C=O) groups excluding carboxylic acids is 1. The Morgan fingerprint density at radius 1 is 1.44 bits per heavy atom. The number of amides is 1. The second-order valence-electron chi connectivity index (χ2n) is 4.56. The van der Waals surface area contributed by atoms with E-state index in [4.69, 9.17) is 4.74 Å². The summed E-state index contributed by atoms with van der Waals surface area (Å²) in [6.45, 7) is 9.16. The van der Waals surface area contributed by atoms with Crippen LogP contribution in [0.15, 0.2) is 0 Å². The standard InChI is InChI=1S/C12H24N2O2/c1-4-8-16-9-6-7-14-10-13-12(3,5-2)11(14)15/h13H,4-10H2,1-3H3. The molecule has 4 nitrogen and oxygen atoms in total. The first-order valence-corrected chi connectivity index (χ1v) is 6.26. The van der Waals surface area contributed by atoms with Crippen molar-refractivity contribution in [1.82, 2.24) is 10.2 Å². The molecule has 1 atom stereocenters. The molecule has 16 heavy (non-hydrogen) atoms.